The maximum Gasteiger partial charge on any atom is 0.320 e. The number of likely N-dealkylation sites (N-methyl/N-ethyl adjacent to an activating group) is 1. The number of nitrogens with zero attached hydrogens (tertiary/aromatic N) is 4. The third-order valence-corrected chi connectivity index (χ3v) is 3.83. The number of hydrogen-bond donors (Lipinski definition) is 4. The van der Waals surface area contributed by atoms with Gasteiger partial charge in [0.25, 0.3) is 0 Å². The van der Waals surface area contributed by atoms with Crippen molar-refractivity contribution < 1.29 is 29.3 Å². The van der Waals surface area contributed by atoms with Crippen LogP contribution in [0.3, 0.4) is 0 Å². The number of aromatic nitrogens is 2. The maximum atomic E-state index is 12.0. The highest BCUT2D eigenvalue weighted by atomic mass is 16.5. The summed E-state index contributed by atoms with van der Waals surface area (Å²) in [5.74, 6) is -2.27. The number of carbonyl (C=O) groups excluding carboxylic acids is 1. The molecule has 1 heterocycles. The van der Waals surface area contributed by atoms with E-state index in [4.69, 9.17) is 21.3 Å². The van der Waals surface area contributed by atoms with Gasteiger partial charge in [0, 0.05) is 25.7 Å². The molecule has 1 aromatic rings. The fourth-order valence-corrected chi connectivity index (χ4v) is 2.46. The predicted molar refractivity (Wildman–Crippen MR) is 99.6 cm³/mol. The minimum atomic E-state index is -1.20. The molecule has 28 heavy (non-hydrogen) atoms. The number of anilines is 2. The molecule has 0 spiro atoms. The van der Waals surface area contributed by atoms with E-state index in [2.05, 4.69) is 9.97 Å². The van der Waals surface area contributed by atoms with Crippen LogP contribution in [0.5, 0.6) is 0 Å². The smallest absolute Gasteiger partial charge is 0.320 e. The van der Waals surface area contributed by atoms with Gasteiger partial charge in [-0.3, -0.25) is 19.3 Å². The monoisotopic (exact) mass is 398 g/mol. The van der Waals surface area contributed by atoms with Crippen LogP contribution < -0.4 is 16.4 Å². The average Bonchev–Trinajstić information content (AvgIpc) is 2.60. The van der Waals surface area contributed by atoms with Gasteiger partial charge in [-0.2, -0.15) is 4.98 Å². The van der Waals surface area contributed by atoms with Crippen LogP contribution in [0.4, 0.5) is 11.8 Å². The molecule has 0 fully saturated rings. The van der Waals surface area contributed by atoms with Crippen LogP contribution in [0.25, 0.3) is 0 Å². The number of ether oxygens (including phenoxy) is 1. The summed E-state index contributed by atoms with van der Waals surface area (Å²) in [5, 5.41) is 17.9. The zero-order chi connectivity index (χ0) is 21.1. The molecule has 1 aromatic heterocycles. The Balaban J connectivity index is 2.52. The third kappa shape index (κ3) is 8.14. The van der Waals surface area contributed by atoms with E-state index in [9.17, 15) is 19.5 Å². The Kier molecular flexibility index (Phi) is 9.60. The van der Waals surface area contributed by atoms with Crippen LogP contribution in [-0.2, 0) is 19.1 Å². The maximum absolute atomic E-state index is 12.0. The molecule has 1 atom stereocenters. The number of nitrogens with two attached hydrogens (primary N) is 2. The van der Waals surface area contributed by atoms with Gasteiger partial charge in [0.2, 0.25) is 5.95 Å². The van der Waals surface area contributed by atoms with Gasteiger partial charge < -0.3 is 31.3 Å². The fraction of sp³-hybridized carbons (Fsp3) is 0.562. The Morgan fingerprint density at radius 3 is 2.57 bits per heavy atom. The minimum Gasteiger partial charge on any atom is -0.481 e. The van der Waals surface area contributed by atoms with Crippen LogP contribution in [-0.4, -0.2) is 88.9 Å². The first-order valence-corrected chi connectivity index (χ1v) is 8.58. The molecule has 0 saturated heterocycles. The van der Waals surface area contributed by atoms with Crippen molar-refractivity contribution in [3.05, 3.63) is 12.3 Å². The lowest BCUT2D eigenvalue weighted by Crippen LogP contribution is -2.42. The standard InChI is InChI=1S/C16H26N6O6/c1-21(11(15(26)27)2-3-13(23)24)10-14(25)28-9-8-22(7-5-17)12-4-6-19-16(18)20-12/h4,6,11H,2-3,5,7-10,17H2,1H3,(H,23,24)(H,26,27)(H2,18,19,20)/t11-/m0/s1. The number of rotatable bonds is 13. The summed E-state index contributed by atoms with van der Waals surface area (Å²) in [5.41, 5.74) is 11.2. The number of esters is 1. The topological polar surface area (TPSA) is 185 Å². The van der Waals surface area contributed by atoms with Crippen LogP contribution in [0.15, 0.2) is 12.3 Å². The van der Waals surface area contributed by atoms with Crippen molar-refractivity contribution in [1.82, 2.24) is 14.9 Å². The molecule has 0 aliphatic carbocycles. The van der Waals surface area contributed by atoms with E-state index in [0.717, 1.165) is 0 Å². The van der Waals surface area contributed by atoms with Crippen molar-refractivity contribution in [2.45, 2.75) is 18.9 Å². The molecule has 0 aliphatic rings. The molecule has 156 valence electrons. The van der Waals surface area contributed by atoms with Crippen LogP contribution >= 0.6 is 0 Å². The van der Waals surface area contributed by atoms with Crippen molar-refractivity contribution in [1.29, 1.82) is 0 Å². The summed E-state index contributed by atoms with van der Waals surface area (Å²) < 4.78 is 5.15. The number of carbonyl (C=O) groups is 3. The molecule has 6 N–H and O–H groups in total. The molecule has 12 nitrogen and oxygen atoms in total. The molecule has 0 aromatic carbocycles. The molecule has 0 bridgehead atoms. The first kappa shape index (κ1) is 23.0. The quantitative estimate of drug-likeness (QED) is 0.286. The van der Waals surface area contributed by atoms with E-state index in [0.29, 0.717) is 25.5 Å². The van der Waals surface area contributed by atoms with Gasteiger partial charge >= 0.3 is 17.9 Å². The van der Waals surface area contributed by atoms with E-state index in [1.54, 1.807) is 11.0 Å². The van der Waals surface area contributed by atoms with Crippen molar-refractivity contribution in [3.8, 4) is 0 Å². The highest BCUT2D eigenvalue weighted by Crippen LogP contribution is 2.10. The van der Waals surface area contributed by atoms with Gasteiger partial charge in [-0.15, -0.1) is 0 Å². The largest absolute Gasteiger partial charge is 0.481 e. The van der Waals surface area contributed by atoms with Crippen molar-refractivity contribution >= 4 is 29.7 Å². The highest BCUT2D eigenvalue weighted by Gasteiger charge is 2.25. The van der Waals surface area contributed by atoms with Gasteiger partial charge in [-0.25, -0.2) is 4.98 Å². The normalized spacial score (nSPS) is 11.8. The minimum absolute atomic E-state index is 0.0312. The summed E-state index contributed by atoms with van der Waals surface area (Å²) in [4.78, 5) is 44.8. The van der Waals surface area contributed by atoms with Gasteiger partial charge in [-0.05, 0) is 19.5 Å². The lowest BCUT2D eigenvalue weighted by Gasteiger charge is -2.24. The predicted octanol–water partition coefficient (Wildman–Crippen LogP) is -1.38. The van der Waals surface area contributed by atoms with Crippen molar-refractivity contribution in [3.63, 3.8) is 0 Å². The second-order valence-corrected chi connectivity index (χ2v) is 5.97. The Morgan fingerprint density at radius 2 is 2.00 bits per heavy atom. The zero-order valence-electron chi connectivity index (χ0n) is 15.7. The lowest BCUT2D eigenvalue weighted by molar-refractivity contribution is -0.148. The number of hydrogen-bond acceptors (Lipinski definition) is 10. The van der Waals surface area contributed by atoms with E-state index >= 15 is 0 Å². The lowest BCUT2D eigenvalue weighted by atomic mass is 10.1. The summed E-state index contributed by atoms with van der Waals surface area (Å²) >= 11 is 0. The molecule has 12 heteroatoms. The first-order chi connectivity index (χ1) is 13.2. The van der Waals surface area contributed by atoms with Gasteiger partial charge in [0.15, 0.2) is 0 Å². The van der Waals surface area contributed by atoms with Crippen molar-refractivity contribution in [2.75, 3.05) is 50.5 Å². The summed E-state index contributed by atoms with van der Waals surface area (Å²) in [7, 11) is 1.42. The number of nitrogen functional groups attached to an aromatic ring is 1. The molecular weight excluding hydrogens is 372 g/mol. The molecule has 0 saturated carbocycles. The summed E-state index contributed by atoms with van der Waals surface area (Å²) in [6.07, 6.45) is 1.08. The highest BCUT2D eigenvalue weighted by molar-refractivity contribution is 5.77. The van der Waals surface area contributed by atoms with E-state index in [1.165, 1.54) is 18.1 Å². The molecule has 0 amide bonds. The number of carboxylic acid groups (broad SMARTS) is 2. The van der Waals surface area contributed by atoms with Crippen LogP contribution in [0.2, 0.25) is 0 Å². The summed E-state index contributed by atoms with van der Waals surface area (Å²) in [6.45, 7) is 0.872. The van der Waals surface area contributed by atoms with Crippen LogP contribution in [0, 0.1) is 0 Å². The van der Waals surface area contributed by atoms with E-state index < -0.39 is 23.9 Å². The van der Waals surface area contributed by atoms with Gasteiger partial charge in [0.05, 0.1) is 13.1 Å². The number of aliphatic carboxylic acids is 2. The Morgan fingerprint density at radius 1 is 1.29 bits per heavy atom. The molecule has 0 unspecified atom stereocenters. The zero-order valence-corrected chi connectivity index (χ0v) is 15.7. The summed E-state index contributed by atoms with van der Waals surface area (Å²) in [6, 6.07) is 0.558. The average molecular weight is 398 g/mol. The molecular formula is C16H26N6O6. The number of carboxylic acids is 2. The van der Waals surface area contributed by atoms with Gasteiger partial charge in [0.1, 0.15) is 18.5 Å². The second kappa shape index (κ2) is 11.7. The van der Waals surface area contributed by atoms with Crippen molar-refractivity contribution in [2.24, 2.45) is 5.73 Å². The Hall–Kier alpha value is -2.99. The molecule has 1 rings (SSSR count). The molecule has 0 radical (unpaired) electrons. The fourth-order valence-electron chi connectivity index (χ4n) is 2.46. The Bertz CT molecular complexity index is 673. The van der Waals surface area contributed by atoms with Crippen LogP contribution in [0.1, 0.15) is 12.8 Å². The third-order valence-electron chi connectivity index (χ3n) is 3.83. The second-order valence-electron chi connectivity index (χ2n) is 5.97. The van der Waals surface area contributed by atoms with Gasteiger partial charge in [-0.1, -0.05) is 0 Å². The van der Waals surface area contributed by atoms with E-state index in [-0.39, 0.29) is 31.9 Å². The first-order valence-electron chi connectivity index (χ1n) is 8.58. The molecule has 0 aliphatic heterocycles. The SMILES string of the molecule is CN(CC(=O)OCCN(CCN)c1ccnc(N)n1)[C@@H](CCC(=O)O)C(=O)O. The van der Waals surface area contributed by atoms with E-state index in [1.807, 2.05) is 0 Å². The Labute approximate surface area is 162 Å².